The Bertz CT molecular complexity index is 1120. The second kappa shape index (κ2) is 14.2. The summed E-state index contributed by atoms with van der Waals surface area (Å²) in [5.41, 5.74) is 2.39. The molecule has 0 saturated heterocycles. The summed E-state index contributed by atoms with van der Waals surface area (Å²) >= 11 is 10.0. The summed E-state index contributed by atoms with van der Waals surface area (Å²) in [6.45, 7) is 7.64. The van der Waals surface area contributed by atoms with Crippen LogP contribution in [0.1, 0.15) is 44.4 Å². The summed E-state index contributed by atoms with van der Waals surface area (Å²) in [6, 6.07) is 27.7. The largest absolute Gasteiger partial charge is 0.302 e. The Hall–Kier alpha value is -2.25. The standard InChI is InChI=1S/C10H10BrN.C10H11BrO.C8H6BrN/c2*1-10(2,7-12)8-3-5-9(11)6-4-8;9-8-3-1-7(2-4-8)5-6-10/h3-6H,1-2H3;3-7H,1-2H3;1-4H,5H2. The molecule has 0 amide bonds. The van der Waals surface area contributed by atoms with Crippen molar-refractivity contribution < 1.29 is 4.79 Å². The van der Waals surface area contributed by atoms with Gasteiger partial charge in [-0.05, 0) is 80.8 Å². The quantitative estimate of drug-likeness (QED) is 0.266. The van der Waals surface area contributed by atoms with Crippen molar-refractivity contribution in [3.8, 4) is 12.1 Å². The Labute approximate surface area is 228 Å². The maximum Gasteiger partial charge on any atom is 0.129 e. The summed E-state index contributed by atoms with van der Waals surface area (Å²) in [5.74, 6) is 0. The molecule has 3 aromatic rings. The number of benzene rings is 3. The van der Waals surface area contributed by atoms with Gasteiger partial charge in [-0.25, -0.2) is 0 Å². The van der Waals surface area contributed by atoms with E-state index in [1.165, 1.54) is 0 Å². The van der Waals surface area contributed by atoms with Crippen LogP contribution in [0.2, 0.25) is 0 Å². The molecule has 0 N–H and O–H groups in total. The molecule has 0 aromatic heterocycles. The van der Waals surface area contributed by atoms with Gasteiger partial charge in [-0.3, -0.25) is 0 Å². The average molecular weight is 647 g/mol. The molecule has 0 unspecified atom stereocenters. The molecule has 6 heteroatoms. The Morgan fingerprint density at radius 2 is 1.09 bits per heavy atom. The highest BCUT2D eigenvalue weighted by Gasteiger charge is 2.19. The maximum absolute atomic E-state index is 10.7. The number of hydrogen-bond acceptors (Lipinski definition) is 3. The molecule has 34 heavy (non-hydrogen) atoms. The maximum atomic E-state index is 10.7. The normalized spacial score (nSPS) is 10.4. The number of hydrogen-bond donors (Lipinski definition) is 0. The zero-order valence-electron chi connectivity index (χ0n) is 19.6. The van der Waals surface area contributed by atoms with Gasteiger partial charge in [0.2, 0.25) is 0 Å². The molecule has 3 nitrogen and oxygen atoms in total. The van der Waals surface area contributed by atoms with Crippen LogP contribution in [0.4, 0.5) is 0 Å². The summed E-state index contributed by atoms with van der Waals surface area (Å²) in [5, 5.41) is 17.2. The fourth-order valence-electron chi connectivity index (χ4n) is 2.57. The number of carbonyl (C=O) groups is 1. The van der Waals surface area contributed by atoms with Gasteiger partial charge >= 0.3 is 0 Å². The molecule has 0 bridgehead atoms. The molecular weight excluding hydrogens is 620 g/mol. The van der Waals surface area contributed by atoms with Gasteiger partial charge < -0.3 is 4.79 Å². The van der Waals surface area contributed by atoms with Crippen LogP contribution in [0.3, 0.4) is 0 Å². The monoisotopic (exact) mass is 644 g/mol. The zero-order valence-corrected chi connectivity index (χ0v) is 24.4. The van der Waals surface area contributed by atoms with Gasteiger partial charge in [-0.2, -0.15) is 10.5 Å². The third kappa shape index (κ3) is 10.3. The third-order valence-electron chi connectivity index (χ3n) is 4.92. The molecule has 0 heterocycles. The lowest BCUT2D eigenvalue weighted by atomic mass is 9.87. The minimum Gasteiger partial charge on any atom is -0.302 e. The second-order valence-electron chi connectivity index (χ2n) is 8.55. The lowest BCUT2D eigenvalue weighted by molar-refractivity contribution is -0.111. The van der Waals surface area contributed by atoms with Crippen LogP contribution in [0.5, 0.6) is 0 Å². The smallest absolute Gasteiger partial charge is 0.129 e. The molecule has 0 saturated carbocycles. The van der Waals surface area contributed by atoms with E-state index in [0.717, 1.165) is 36.4 Å². The van der Waals surface area contributed by atoms with Crippen molar-refractivity contribution in [2.24, 2.45) is 0 Å². The van der Waals surface area contributed by atoms with Crippen LogP contribution < -0.4 is 0 Å². The van der Waals surface area contributed by atoms with Crippen LogP contribution in [-0.4, -0.2) is 6.29 Å². The molecule has 0 radical (unpaired) electrons. The topological polar surface area (TPSA) is 64.7 Å². The second-order valence-corrected chi connectivity index (χ2v) is 11.3. The first-order chi connectivity index (χ1) is 15.9. The number of carbonyl (C=O) groups excluding carboxylic acids is 1. The van der Waals surface area contributed by atoms with E-state index in [2.05, 4.69) is 59.9 Å². The van der Waals surface area contributed by atoms with Gasteiger partial charge in [-0.1, -0.05) is 84.2 Å². The fourth-order valence-corrected chi connectivity index (χ4v) is 3.37. The predicted octanol–water partition coefficient (Wildman–Crippen LogP) is 8.69. The van der Waals surface area contributed by atoms with E-state index in [1.54, 1.807) is 0 Å². The number of halogens is 3. The van der Waals surface area contributed by atoms with E-state index in [4.69, 9.17) is 10.5 Å². The van der Waals surface area contributed by atoms with Crippen LogP contribution in [0.15, 0.2) is 86.2 Å². The van der Waals surface area contributed by atoms with Crippen LogP contribution in [0, 0.1) is 22.7 Å². The molecule has 3 rings (SSSR count). The molecule has 0 fully saturated rings. The van der Waals surface area contributed by atoms with Crippen molar-refractivity contribution in [1.29, 1.82) is 10.5 Å². The highest BCUT2D eigenvalue weighted by Crippen LogP contribution is 2.24. The first-order valence-electron chi connectivity index (χ1n) is 10.5. The lowest BCUT2D eigenvalue weighted by Gasteiger charge is -2.16. The third-order valence-corrected chi connectivity index (χ3v) is 6.51. The van der Waals surface area contributed by atoms with E-state index in [0.29, 0.717) is 6.42 Å². The number of rotatable bonds is 4. The summed E-state index contributed by atoms with van der Waals surface area (Å²) in [4.78, 5) is 10.7. The van der Waals surface area contributed by atoms with E-state index >= 15 is 0 Å². The molecule has 0 aliphatic carbocycles. The van der Waals surface area contributed by atoms with Gasteiger partial charge in [-0.15, -0.1) is 0 Å². The molecule has 0 aliphatic rings. The Kier molecular flexibility index (Phi) is 12.5. The molecule has 176 valence electrons. The van der Waals surface area contributed by atoms with Crippen molar-refractivity contribution >= 4 is 54.1 Å². The minimum absolute atomic E-state index is 0.374. The van der Waals surface area contributed by atoms with Gasteiger partial charge in [0.05, 0.1) is 24.0 Å². The summed E-state index contributed by atoms with van der Waals surface area (Å²) in [7, 11) is 0. The summed E-state index contributed by atoms with van der Waals surface area (Å²) < 4.78 is 3.13. The van der Waals surface area contributed by atoms with Crippen LogP contribution in [0.25, 0.3) is 0 Å². The highest BCUT2D eigenvalue weighted by molar-refractivity contribution is 9.11. The van der Waals surface area contributed by atoms with Crippen molar-refractivity contribution in [3.63, 3.8) is 0 Å². The van der Waals surface area contributed by atoms with Crippen molar-refractivity contribution in [1.82, 2.24) is 0 Å². The van der Waals surface area contributed by atoms with Crippen molar-refractivity contribution in [3.05, 3.63) is 103 Å². The van der Waals surface area contributed by atoms with Crippen LogP contribution >= 0.6 is 47.8 Å². The lowest BCUT2D eigenvalue weighted by Crippen LogP contribution is -2.18. The van der Waals surface area contributed by atoms with E-state index in [9.17, 15) is 4.79 Å². The fraction of sp³-hybridized carbons (Fsp3) is 0.250. The first-order valence-corrected chi connectivity index (χ1v) is 12.8. The minimum atomic E-state index is -0.388. The molecule has 0 spiro atoms. The number of aldehydes is 1. The van der Waals surface area contributed by atoms with Gasteiger partial charge in [0.15, 0.2) is 0 Å². The Morgan fingerprint density at radius 1 is 0.706 bits per heavy atom. The van der Waals surface area contributed by atoms with Gasteiger partial charge in [0, 0.05) is 18.8 Å². The molecular formula is C28H27Br3N2O. The van der Waals surface area contributed by atoms with E-state index < -0.39 is 0 Å². The zero-order chi connectivity index (χ0) is 25.8. The number of nitrogens with zero attached hydrogens (tertiary/aromatic N) is 2. The summed E-state index contributed by atoms with van der Waals surface area (Å²) in [6.07, 6.45) is 1.46. The van der Waals surface area contributed by atoms with Crippen molar-refractivity contribution in [2.45, 2.75) is 44.9 Å². The Balaban J connectivity index is 0.000000256. The average Bonchev–Trinajstić information content (AvgIpc) is 2.82. The van der Waals surface area contributed by atoms with Crippen LogP contribution in [-0.2, 0) is 22.0 Å². The molecule has 0 aliphatic heterocycles. The van der Waals surface area contributed by atoms with Crippen molar-refractivity contribution in [2.75, 3.05) is 0 Å². The van der Waals surface area contributed by atoms with Gasteiger partial charge in [0.1, 0.15) is 6.29 Å². The molecule has 0 atom stereocenters. The van der Waals surface area contributed by atoms with Gasteiger partial charge in [0.25, 0.3) is 0 Å². The highest BCUT2D eigenvalue weighted by atomic mass is 79.9. The Morgan fingerprint density at radius 3 is 1.44 bits per heavy atom. The predicted molar refractivity (Wildman–Crippen MR) is 149 cm³/mol. The molecule has 3 aromatic carbocycles. The van der Waals surface area contributed by atoms with E-state index in [-0.39, 0.29) is 10.8 Å². The first kappa shape index (κ1) is 29.8. The van der Waals surface area contributed by atoms with E-state index in [1.807, 2.05) is 100 Å². The SMILES string of the molecule is CC(C)(C#N)c1ccc(Br)cc1.CC(C)(C=O)c1ccc(Br)cc1.N#CCc1ccc(Br)cc1. The number of nitriles is 2.